The molecule has 1 aromatic rings. The molecule has 1 aromatic carbocycles. The van der Waals surface area contributed by atoms with Crippen LogP contribution in [0.25, 0.3) is 0 Å². The number of carbonyl (C=O) groups excluding carboxylic acids is 1. The van der Waals surface area contributed by atoms with Gasteiger partial charge < -0.3 is 10.5 Å². The van der Waals surface area contributed by atoms with E-state index in [4.69, 9.17) is 17.3 Å². The topological polar surface area (TPSA) is 52.3 Å². The van der Waals surface area contributed by atoms with Crippen molar-refractivity contribution >= 4 is 17.6 Å². The van der Waals surface area contributed by atoms with E-state index in [0.717, 1.165) is 5.56 Å². The highest BCUT2D eigenvalue weighted by Gasteiger charge is 2.15. The summed E-state index contributed by atoms with van der Waals surface area (Å²) in [6.07, 6.45) is 0.395. The normalized spacial score (nSPS) is 12.2. The maximum atomic E-state index is 11.0. The zero-order chi connectivity index (χ0) is 10.6. The summed E-state index contributed by atoms with van der Waals surface area (Å²) in [7, 11) is 1.31. The number of benzene rings is 1. The van der Waals surface area contributed by atoms with Gasteiger partial charge in [-0.3, -0.25) is 4.79 Å². The molecule has 0 spiro atoms. The zero-order valence-corrected chi connectivity index (χ0v) is 8.62. The molecule has 1 unspecified atom stereocenters. The van der Waals surface area contributed by atoms with E-state index in [0.29, 0.717) is 11.4 Å². The van der Waals surface area contributed by atoms with Crippen molar-refractivity contribution in [2.24, 2.45) is 5.73 Å². The van der Waals surface area contributed by atoms with Crippen LogP contribution in [0.15, 0.2) is 24.3 Å². The molecule has 1 atom stereocenters. The molecule has 0 bridgehead atoms. The fourth-order valence-electron chi connectivity index (χ4n) is 1.14. The van der Waals surface area contributed by atoms with Crippen molar-refractivity contribution in [3.8, 4) is 0 Å². The predicted molar refractivity (Wildman–Crippen MR) is 55.1 cm³/mol. The Morgan fingerprint density at radius 1 is 1.57 bits per heavy atom. The van der Waals surface area contributed by atoms with Crippen LogP contribution in [0.2, 0.25) is 5.02 Å². The lowest BCUT2D eigenvalue weighted by molar-refractivity contribution is -0.142. The molecule has 0 fully saturated rings. The van der Waals surface area contributed by atoms with E-state index >= 15 is 0 Å². The first-order chi connectivity index (χ1) is 6.65. The maximum Gasteiger partial charge on any atom is 0.322 e. The SMILES string of the molecule is COC(=O)C(N)Cc1ccccc1Cl. The summed E-state index contributed by atoms with van der Waals surface area (Å²) in [6, 6.07) is 6.63. The van der Waals surface area contributed by atoms with E-state index < -0.39 is 12.0 Å². The zero-order valence-electron chi connectivity index (χ0n) is 7.87. The molecule has 1 rings (SSSR count). The largest absolute Gasteiger partial charge is 0.468 e. The molecule has 3 nitrogen and oxygen atoms in total. The van der Waals surface area contributed by atoms with Gasteiger partial charge in [0.25, 0.3) is 0 Å². The number of esters is 1. The van der Waals surface area contributed by atoms with Gasteiger partial charge >= 0.3 is 5.97 Å². The number of halogens is 1. The fourth-order valence-corrected chi connectivity index (χ4v) is 1.35. The first kappa shape index (κ1) is 11.0. The third-order valence-electron chi connectivity index (χ3n) is 1.90. The highest BCUT2D eigenvalue weighted by atomic mass is 35.5. The highest BCUT2D eigenvalue weighted by Crippen LogP contribution is 2.16. The summed E-state index contributed by atoms with van der Waals surface area (Å²) in [4.78, 5) is 11.0. The van der Waals surface area contributed by atoms with Crippen molar-refractivity contribution in [1.29, 1.82) is 0 Å². The summed E-state index contributed by atoms with van der Waals surface area (Å²) in [5.74, 6) is -0.426. The number of nitrogens with two attached hydrogens (primary N) is 1. The number of carbonyl (C=O) groups is 1. The van der Waals surface area contributed by atoms with Gasteiger partial charge in [-0.15, -0.1) is 0 Å². The summed E-state index contributed by atoms with van der Waals surface area (Å²) in [5.41, 5.74) is 6.45. The molecule has 0 radical (unpaired) electrons. The Balaban J connectivity index is 2.69. The molecule has 14 heavy (non-hydrogen) atoms. The van der Waals surface area contributed by atoms with Gasteiger partial charge in [0.15, 0.2) is 0 Å². The van der Waals surface area contributed by atoms with Crippen LogP contribution in [0.3, 0.4) is 0 Å². The molecule has 76 valence electrons. The Morgan fingerprint density at radius 3 is 2.79 bits per heavy atom. The quantitative estimate of drug-likeness (QED) is 0.772. The Morgan fingerprint density at radius 2 is 2.21 bits per heavy atom. The molecule has 0 amide bonds. The van der Waals surface area contributed by atoms with E-state index in [-0.39, 0.29) is 0 Å². The second-order valence-corrected chi connectivity index (χ2v) is 3.33. The lowest BCUT2D eigenvalue weighted by atomic mass is 10.1. The van der Waals surface area contributed by atoms with Crippen molar-refractivity contribution in [2.45, 2.75) is 12.5 Å². The lowest BCUT2D eigenvalue weighted by Gasteiger charge is -2.09. The van der Waals surface area contributed by atoms with E-state index in [2.05, 4.69) is 4.74 Å². The van der Waals surface area contributed by atoms with Crippen LogP contribution in [0.1, 0.15) is 5.56 Å². The molecule has 4 heteroatoms. The van der Waals surface area contributed by atoms with Gasteiger partial charge in [0, 0.05) is 5.02 Å². The van der Waals surface area contributed by atoms with Crippen molar-refractivity contribution < 1.29 is 9.53 Å². The molecular weight excluding hydrogens is 202 g/mol. The number of rotatable bonds is 3. The monoisotopic (exact) mass is 213 g/mol. The van der Waals surface area contributed by atoms with Crippen LogP contribution in [0.4, 0.5) is 0 Å². The van der Waals surface area contributed by atoms with Crippen molar-refractivity contribution in [3.63, 3.8) is 0 Å². The summed E-state index contributed by atoms with van der Waals surface area (Å²) >= 11 is 5.91. The summed E-state index contributed by atoms with van der Waals surface area (Å²) < 4.78 is 4.52. The number of hydrogen-bond acceptors (Lipinski definition) is 3. The summed E-state index contributed by atoms with van der Waals surface area (Å²) in [6.45, 7) is 0. The van der Waals surface area contributed by atoms with Gasteiger partial charge in [0.2, 0.25) is 0 Å². The van der Waals surface area contributed by atoms with E-state index in [1.165, 1.54) is 7.11 Å². The number of hydrogen-bond donors (Lipinski definition) is 1. The molecular formula is C10H12ClNO2. The first-order valence-corrected chi connectivity index (χ1v) is 4.59. The van der Waals surface area contributed by atoms with Crippen LogP contribution in [0.5, 0.6) is 0 Å². The molecule has 0 aromatic heterocycles. The molecule has 0 heterocycles. The van der Waals surface area contributed by atoms with E-state index in [9.17, 15) is 4.79 Å². The second kappa shape index (κ2) is 4.98. The smallest absolute Gasteiger partial charge is 0.322 e. The third-order valence-corrected chi connectivity index (χ3v) is 2.27. The van der Waals surface area contributed by atoms with Gasteiger partial charge in [-0.2, -0.15) is 0 Å². The van der Waals surface area contributed by atoms with Crippen LogP contribution < -0.4 is 5.73 Å². The highest BCUT2D eigenvalue weighted by molar-refractivity contribution is 6.31. The Bertz CT molecular complexity index is 328. The minimum Gasteiger partial charge on any atom is -0.468 e. The summed E-state index contributed by atoms with van der Waals surface area (Å²) in [5, 5.41) is 0.617. The Kier molecular flexibility index (Phi) is 3.92. The molecule has 0 aliphatic rings. The van der Waals surface area contributed by atoms with Crippen molar-refractivity contribution in [2.75, 3.05) is 7.11 Å². The molecule has 0 aliphatic carbocycles. The molecule has 0 aliphatic heterocycles. The van der Waals surface area contributed by atoms with Crippen molar-refractivity contribution in [1.82, 2.24) is 0 Å². The van der Waals surface area contributed by atoms with Gasteiger partial charge in [-0.05, 0) is 18.1 Å². The standard InChI is InChI=1S/C10H12ClNO2/c1-14-10(13)9(12)6-7-4-2-3-5-8(7)11/h2-5,9H,6,12H2,1H3. The minimum absolute atomic E-state index is 0.395. The van der Waals surface area contributed by atoms with Crippen LogP contribution in [-0.2, 0) is 16.0 Å². The molecule has 2 N–H and O–H groups in total. The average molecular weight is 214 g/mol. The predicted octanol–water partition coefficient (Wildman–Crippen LogP) is 1.38. The lowest BCUT2D eigenvalue weighted by Crippen LogP contribution is -2.33. The van der Waals surface area contributed by atoms with Gasteiger partial charge in [0.1, 0.15) is 6.04 Å². The van der Waals surface area contributed by atoms with Gasteiger partial charge in [-0.1, -0.05) is 29.8 Å². The van der Waals surface area contributed by atoms with Crippen molar-refractivity contribution in [3.05, 3.63) is 34.9 Å². The van der Waals surface area contributed by atoms with E-state index in [1.807, 2.05) is 18.2 Å². The molecule has 0 saturated heterocycles. The Labute approximate surface area is 87.8 Å². The van der Waals surface area contributed by atoms with Gasteiger partial charge in [-0.25, -0.2) is 0 Å². The Hall–Kier alpha value is -1.06. The van der Waals surface area contributed by atoms with Crippen LogP contribution >= 0.6 is 11.6 Å². The average Bonchev–Trinajstić information content (AvgIpc) is 2.20. The second-order valence-electron chi connectivity index (χ2n) is 2.93. The third kappa shape index (κ3) is 2.72. The fraction of sp³-hybridized carbons (Fsp3) is 0.300. The maximum absolute atomic E-state index is 11.0. The van der Waals surface area contributed by atoms with E-state index in [1.54, 1.807) is 6.07 Å². The van der Waals surface area contributed by atoms with Crippen LogP contribution in [0, 0.1) is 0 Å². The van der Waals surface area contributed by atoms with Gasteiger partial charge in [0.05, 0.1) is 7.11 Å². The minimum atomic E-state index is -0.653. The number of ether oxygens (including phenoxy) is 1. The molecule has 0 saturated carbocycles. The number of methoxy groups -OCH3 is 1. The van der Waals surface area contributed by atoms with Crippen LogP contribution in [-0.4, -0.2) is 19.1 Å². The first-order valence-electron chi connectivity index (χ1n) is 4.22.